The molecule has 38 heavy (non-hydrogen) atoms. The number of piperazine rings is 1. The van der Waals surface area contributed by atoms with Gasteiger partial charge in [-0.25, -0.2) is 4.98 Å². The highest BCUT2D eigenvalue weighted by atomic mass is 35.5. The van der Waals surface area contributed by atoms with Gasteiger partial charge in [0.25, 0.3) is 0 Å². The maximum Gasteiger partial charge on any atom is 0.241 e. The van der Waals surface area contributed by atoms with Crippen LogP contribution in [-0.4, -0.2) is 81.0 Å². The first-order valence-corrected chi connectivity index (χ1v) is 14.3. The average Bonchev–Trinajstić information content (AvgIpc) is 3.26. The van der Waals surface area contributed by atoms with E-state index in [0.29, 0.717) is 12.5 Å². The molecule has 2 aromatic heterocycles. The molecule has 2 fully saturated rings. The molecule has 3 atom stereocenters. The Morgan fingerprint density at radius 1 is 1.08 bits per heavy atom. The van der Waals surface area contributed by atoms with Crippen molar-refractivity contribution in [3.8, 4) is 0 Å². The number of carbonyl (C=O) groups excluding carboxylic acids is 1. The van der Waals surface area contributed by atoms with Gasteiger partial charge >= 0.3 is 0 Å². The second-order valence-corrected chi connectivity index (χ2v) is 11.7. The molecule has 0 spiro atoms. The van der Waals surface area contributed by atoms with Gasteiger partial charge in [-0.2, -0.15) is 0 Å². The number of likely N-dealkylation sites (tertiary alicyclic amines) is 1. The van der Waals surface area contributed by atoms with E-state index in [9.17, 15) is 4.79 Å². The number of hydrogen-bond acceptors (Lipinski definition) is 5. The summed E-state index contributed by atoms with van der Waals surface area (Å²) in [5.74, 6) is 0.718. The normalized spacial score (nSPS) is 24.5. The Balaban J connectivity index is 1.24. The predicted octanol–water partition coefficient (Wildman–Crippen LogP) is 3.98. The topological polar surface area (TPSA) is 57.5 Å². The fourth-order valence-corrected chi connectivity index (χ4v) is 6.84. The highest BCUT2D eigenvalue weighted by Crippen LogP contribution is 2.38. The van der Waals surface area contributed by atoms with Gasteiger partial charge in [0.1, 0.15) is 6.04 Å². The van der Waals surface area contributed by atoms with E-state index in [0.717, 1.165) is 74.8 Å². The lowest BCUT2D eigenvalue weighted by Gasteiger charge is -2.45. The van der Waals surface area contributed by atoms with E-state index in [1.165, 1.54) is 16.7 Å². The van der Waals surface area contributed by atoms with E-state index in [-0.39, 0.29) is 18.0 Å². The van der Waals surface area contributed by atoms with Crippen LogP contribution in [0, 0.1) is 12.8 Å². The first kappa shape index (κ1) is 25.5. The molecule has 1 aromatic carbocycles. The molecule has 8 heteroatoms. The maximum absolute atomic E-state index is 14.0. The number of fused-ring (bicyclic) bond motifs is 2. The fourth-order valence-electron chi connectivity index (χ4n) is 6.64. The van der Waals surface area contributed by atoms with Gasteiger partial charge in [-0.15, -0.1) is 0 Å². The van der Waals surface area contributed by atoms with Crippen molar-refractivity contribution in [3.63, 3.8) is 0 Å². The Kier molecular flexibility index (Phi) is 7.25. The van der Waals surface area contributed by atoms with Crippen LogP contribution in [0.1, 0.15) is 47.0 Å². The summed E-state index contributed by atoms with van der Waals surface area (Å²) in [5.41, 5.74) is 6.02. The molecule has 6 rings (SSSR count). The fraction of sp³-hybridized carbons (Fsp3) is 0.500. The number of imidazole rings is 1. The first-order chi connectivity index (χ1) is 18.5. The Morgan fingerprint density at radius 2 is 1.95 bits per heavy atom. The van der Waals surface area contributed by atoms with E-state index in [1.54, 1.807) is 0 Å². The van der Waals surface area contributed by atoms with Crippen LogP contribution < -0.4 is 0 Å². The molecule has 0 N–H and O–H groups in total. The molecule has 4 heterocycles. The maximum atomic E-state index is 14.0. The third kappa shape index (κ3) is 5.12. The van der Waals surface area contributed by atoms with Gasteiger partial charge in [0.05, 0.1) is 23.8 Å². The number of halogens is 1. The van der Waals surface area contributed by atoms with Crippen molar-refractivity contribution in [2.75, 3.05) is 39.8 Å². The largest absolute Gasteiger partial charge is 0.341 e. The summed E-state index contributed by atoms with van der Waals surface area (Å²) in [7, 11) is 2.10. The zero-order valence-corrected chi connectivity index (χ0v) is 23.1. The summed E-state index contributed by atoms with van der Waals surface area (Å²) >= 11 is 6.42. The second-order valence-electron chi connectivity index (χ2n) is 11.3. The molecule has 0 saturated carbocycles. The van der Waals surface area contributed by atoms with E-state index < -0.39 is 0 Å². The number of carbonyl (C=O) groups is 1. The van der Waals surface area contributed by atoms with Gasteiger partial charge in [-0.1, -0.05) is 23.7 Å². The molecule has 0 bridgehead atoms. The SMILES string of the molecule is Cc1cn(C[C@@H]2CCCN(C(=O)[C@H]3CN(C4c5ccc(Cl)cc5CCc5cccnc54)CCN3C)C2)cn1. The molecule has 200 valence electrons. The smallest absolute Gasteiger partial charge is 0.241 e. The van der Waals surface area contributed by atoms with Crippen molar-refractivity contribution in [3.05, 3.63) is 82.2 Å². The molecular weight excluding hydrogens is 496 g/mol. The van der Waals surface area contributed by atoms with Crippen LogP contribution in [0.25, 0.3) is 0 Å². The van der Waals surface area contributed by atoms with Gasteiger partial charge in [0, 0.05) is 56.7 Å². The van der Waals surface area contributed by atoms with Crippen molar-refractivity contribution < 1.29 is 4.79 Å². The monoisotopic (exact) mass is 532 g/mol. The molecular formula is C30H37ClN6O. The minimum atomic E-state index is -0.163. The van der Waals surface area contributed by atoms with Crippen molar-refractivity contribution in [1.29, 1.82) is 0 Å². The van der Waals surface area contributed by atoms with E-state index in [2.05, 4.69) is 55.7 Å². The summed E-state index contributed by atoms with van der Waals surface area (Å²) < 4.78 is 2.17. The zero-order chi connectivity index (χ0) is 26.2. The van der Waals surface area contributed by atoms with E-state index in [4.69, 9.17) is 16.6 Å². The number of benzene rings is 1. The van der Waals surface area contributed by atoms with Crippen LogP contribution in [0.5, 0.6) is 0 Å². The van der Waals surface area contributed by atoms with Crippen LogP contribution >= 0.6 is 11.6 Å². The first-order valence-electron chi connectivity index (χ1n) is 13.9. The van der Waals surface area contributed by atoms with Crippen molar-refractivity contribution in [2.45, 2.75) is 51.2 Å². The number of pyridine rings is 1. The minimum absolute atomic E-state index is 0.0311. The minimum Gasteiger partial charge on any atom is -0.341 e. The molecule has 1 unspecified atom stereocenters. The summed E-state index contributed by atoms with van der Waals surface area (Å²) in [6.45, 7) is 7.04. The van der Waals surface area contributed by atoms with Crippen LogP contribution in [0.15, 0.2) is 49.1 Å². The number of nitrogens with zero attached hydrogens (tertiary/aromatic N) is 6. The summed E-state index contributed by atoms with van der Waals surface area (Å²) in [6, 6.07) is 10.4. The Morgan fingerprint density at radius 3 is 2.79 bits per heavy atom. The average molecular weight is 533 g/mol. The number of amides is 1. The number of aromatic nitrogens is 3. The second kappa shape index (κ2) is 10.8. The zero-order valence-electron chi connectivity index (χ0n) is 22.4. The molecule has 1 amide bonds. The molecule has 3 aromatic rings. The van der Waals surface area contributed by atoms with Crippen molar-refractivity contribution in [1.82, 2.24) is 29.2 Å². The van der Waals surface area contributed by atoms with Gasteiger partial charge in [0.15, 0.2) is 0 Å². The van der Waals surface area contributed by atoms with Crippen LogP contribution in [0.2, 0.25) is 5.02 Å². The Labute approximate surface area is 230 Å². The highest BCUT2D eigenvalue weighted by Gasteiger charge is 2.39. The molecule has 2 aliphatic heterocycles. The summed E-state index contributed by atoms with van der Waals surface area (Å²) in [6.07, 6.45) is 10.0. The van der Waals surface area contributed by atoms with Crippen molar-refractivity contribution >= 4 is 17.5 Å². The lowest BCUT2D eigenvalue weighted by Crippen LogP contribution is -2.60. The molecule has 3 aliphatic rings. The highest BCUT2D eigenvalue weighted by molar-refractivity contribution is 6.30. The van der Waals surface area contributed by atoms with Crippen LogP contribution in [0.4, 0.5) is 0 Å². The van der Waals surface area contributed by atoms with Crippen LogP contribution in [0.3, 0.4) is 0 Å². The summed E-state index contributed by atoms with van der Waals surface area (Å²) in [5, 5.41) is 0.776. The standard InChI is InChI=1S/C30H37ClN6O/c1-21-16-35(20-33-21)17-22-5-4-12-37(18-22)30(38)27-19-36(14-13-34(27)2)29-26-10-9-25(31)15-24(26)8-7-23-6-3-11-32-28(23)29/h3,6,9-11,15-16,20,22,27,29H,4-5,7-8,12-14,17-19H2,1-2H3/t22-,27+,29?/m0/s1. The molecule has 7 nitrogen and oxygen atoms in total. The number of piperidine rings is 1. The summed E-state index contributed by atoms with van der Waals surface area (Å²) in [4.78, 5) is 30.1. The van der Waals surface area contributed by atoms with Crippen molar-refractivity contribution in [2.24, 2.45) is 5.92 Å². The molecule has 1 aliphatic carbocycles. The Bertz CT molecular complexity index is 1310. The molecule has 0 radical (unpaired) electrons. The Hall–Kier alpha value is -2.74. The van der Waals surface area contributed by atoms with E-state index in [1.807, 2.05) is 31.6 Å². The number of rotatable bonds is 4. The van der Waals surface area contributed by atoms with Gasteiger partial charge < -0.3 is 9.47 Å². The number of hydrogen-bond donors (Lipinski definition) is 0. The van der Waals surface area contributed by atoms with Gasteiger partial charge in [-0.05, 0) is 80.5 Å². The number of likely N-dealkylation sites (N-methyl/N-ethyl adjacent to an activating group) is 1. The lowest BCUT2D eigenvalue weighted by molar-refractivity contribution is -0.141. The van der Waals surface area contributed by atoms with Crippen LogP contribution in [-0.2, 0) is 24.2 Å². The lowest BCUT2D eigenvalue weighted by atomic mass is 9.94. The van der Waals surface area contributed by atoms with E-state index >= 15 is 0 Å². The quantitative estimate of drug-likeness (QED) is 0.508. The predicted molar refractivity (Wildman–Crippen MR) is 149 cm³/mol. The third-order valence-electron chi connectivity index (χ3n) is 8.64. The van der Waals surface area contributed by atoms with Gasteiger partial charge in [0.2, 0.25) is 5.91 Å². The number of aryl methyl sites for hydroxylation is 3. The van der Waals surface area contributed by atoms with Gasteiger partial charge in [-0.3, -0.25) is 19.6 Å². The molecule has 2 saturated heterocycles. The third-order valence-corrected chi connectivity index (χ3v) is 8.88.